The van der Waals surface area contributed by atoms with Crippen molar-refractivity contribution in [1.29, 1.82) is 0 Å². The number of aliphatic carboxylic acids is 1. The molecule has 1 N–H and O–H groups in total. The first-order chi connectivity index (χ1) is 10.7. The van der Waals surface area contributed by atoms with Gasteiger partial charge in [-0.3, -0.25) is 4.79 Å². The average molecular weight is 382 g/mol. The Bertz CT molecular complexity index is 764. The van der Waals surface area contributed by atoms with Gasteiger partial charge >= 0.3 is 11.9 Å². The van der Waals surface area contributed by atoms with Crippen molar-refractivity contribution in [3.8, 4) is 0 Å². The molecule has 2 rings (SSSR count). The van der Waals surface area contributed by atoms with Crippen LogP contribution in [0.1, 0.15) is 23.2 Å². The Hall–Kier alpha value is -1.35. The number of carboxylic acids is 1. The molecule has 0 aromatic heterocycles. The van der Waals surface area contributed by atoms with E-state index < -0.39 is 32.9 Å². The van der Waals surface area contributed by atoms with Gasteiger partial charge in [0, 0.05) is 11.6 Å². The molecule has 0 amide bonds. The van der Waals surface area contributed by atoms with Crippen LogP contribution in [0.2, 0.25) is 10.0 Å². The molecule has 10 heteroatoms. The Labute approximate surface area is 142 Å². The van der Waals surface area contributed by atoms with E-state index in [1.165, 1.54) is 6.07 Å². The molecule has 1 heterocycles. The molecule has 1 atom stereocenters. The Morgan fingerprint density at radius 3 is 2.57 bits per heavy atom. The summed E-state index contributed by atoms with van der Waals surface area (Å²) in [4.78, 5) is 22.6. The predicted molar refractivity (Wildman–Crippen MR) is 82.4 cm³/mol. The first-order valence-electron chi connectivity index (χ1n) is 6.52. The SMILES string of the molecule is COC(=O)c1cc(Cl)cc(Cl)c1S(=O)(=O)N1CCC[C@@H]1C(=O)O. The van der Waals surface area contributed by atoms with Gasteiger partial charge in [-0.15, -0.1) is 0 Å². The standard InChI is InChI=1S/C13H13Cl2NO6S/c1-22-13(19)8-5-7(14)6-9(15)11(8)23(20,21)16-4-2-3-10(16)12(17)18/h5-6,10H,2-4H2,1H3,(H,17,18)/t10-/m1/s1. The number of esters is 1. The molecule has 0 radical (unpaired) electrons. The topological polar surface area (TPSA) is 101 Å². The molecular formula is C13H13Cl2NO6S. The Kier molecular flexibility index (Phi) is 5.20. The number of benzene rings is 1. The average Bonchev–Trinajstić information content (AvgIpc) is 2.95. The van der Waals surface area contributed by atoms with E-state index in [0.29, 0.717) is 6.42 Å². The number of carbonyl (C=O) groups excluding carboxylic acids is 1. The van der Waals surface area contributed by atoms with Crippen LogP contribution in [-0.2, 0) is 19.6 Å². The van der Waals surface area contributed by atoms with Gasteiger partial charge in [-0.2, -0.15) is 4.31 Å². The highest BCUT2D eigenvalue weighted by atomic mass is 35.5. The molecule has 1 fully saturated rings. The fourth-order valence-electron chi connectivity index (χ4n) is 2.48. The molecule has 1 saturated heterocycles. The van der Waals surface area contributed by atoms with E-state index in [4.69, 9.17) is 23.2 Å². The highest BCUT2D eigenvalue weighted by Crippen LogP contribution is 2.35. The second-order valence-corrected chi connectivity index (χ2v) is 7.54. The summed E-state index contributed by atoms with van der Waals surface area (Å²) >= 11 is 11.8. The van der Waals surface area contributed by atoms with Crippen LogP contribution in [0.4, 0.5) is 0 Å². The summed E-state index contributed by atoms with van der Waals surface area (Å²) in [6.45, 7) is 0.0267. The molecule has 1 aliphatic heterocycles. The van der Waals surface area contributed by atoms with Crippen molar-refractivity contribution in [3.63, 3.8) is 0 Å². The number of nitrogens with zero attached hydrogens (tertiary/aromatic N) is 1. The molecule has 7 nitrogen and oxygen atoms in total. The van der Waals surface area contributed by atoms with E-state index in [9.17, 15) is 23.1 Å². The fourth-order valence-corrected chi connectivity index (χ4v) is 5.12. The monoisotopic (exact) mass is 381 g/mol. The number of ether oxygens (including phenoxy) is 1. The van der Waals surface area contributed by atoms with Gasteiger partial charge in [-0.05, 0) is 25.0 Å². The largest absolute Gasteiger partial charge is 0.480 e. The lowest BCUT2D eigenvalue weighted by molar-refractivity contribution is -0.140. The van der Waals surface area contributed by atoms with Crippen LogP contribution in [0, 0.1) is 0 Å². The van der Waals surface area contributed by atoms with Gasteiger partial charge in [0.25, 0.3) is 0 Å². The summed E-state index contributed by atoms with van der Waals surface area (Å²) in [6, 6.07) is 1.10. The maximum absolute atomic E-state index is 12.8. The molecule has 1 aromatic carbocycles. The zero-order chi connectivity index (χ0) is 17.4. The summed E-state index contributed by atoms with van der Waals surface area (Å²) in [5.74, 6) is -2.19. The van der Waals surface area contributed by atoms with Crippen LogP contribution in [-0.4, -0.2) is 49.5 Å². The minimum atomic E-state index is -4.31. The number of hydrogen-bond acceptors (Lipinski definition) is 5. The van der Waals surface area contributed by atoms with Gasteiger partial charge in [-0.25, -0.2) is 13.2 Å². The summed E-state index contributed by atoms with van der Waals surface area (Å²) in [5.41, 5.74) is -0.332. The normalized spacial score (nSPS) is 18.8. The van der Waals surface area contributed by atoms with E-state index in [2.05, 4.69) is 4.74 Å². The molecule has 0 bridgehead atoms. The van der Waals surface area contributed by atoms with Gasteiger partial charge in [-0.1, -0.05) is 23.2 Å². The van der Waals surface area contributed by atoms with Gasteiger partial charge in [0.15, 0.2) is 0 Å². The minimum Gasteiger partial charge on any atom is -0.480 e. The summed E-state index contributed by atoms with van der Waals surface area (Å²) in [6.07, 6.45) is 0.586. The van der Waals surface area contributed by atoms with Crippen LogP contribution in [0.5, 0.6) is 0 Å². The predicted octanol–water partition coefficient (Wildman–Crippen LogP) is 2.02. The van der Waals surface area contributed by atoms with E-state index >= 15 is 0 Å². The number of methoxy groups -OCH3 is 1. The maximum atomic E-state index is 12.8. The molecule has 126 valence electrons. The second-order valence-electron chi connectivity index (χ2n) is 4.87. The zero-order valence-corrected chi connectivity index (χ0v) is 14.3. The van der Waals surface area contributed by atoms with Gasteiger partial charge in [0.2, 0.25) is 10.0 Å². The van der Waals surface area contributed by atoms with Crippen LogP contribution in [0.25, 0.3) is 0 Å². The number of rotatable bonds is 4. The van der Waals surface area contributed by atoms with Crippen molar-refractivity contribution in [2.24, 2.45) is 0 Å². The highest BCUT2D eigenvalue weighted by Gasteiger charge is 2.42. The number of sulfonamides is 1. The third-order valence-electron chi connectivity index (χ3n) is 3.47. The summed E-state index contributed by atoms with van der Waals surface area (Å²) in [7, 11) is -3.22. The van der Waals surface area contributed by atoms with Crippen LogP contribution in [0.3, 0.4) is 0 Å². The fraction of sp³-hybridized carbons (Fsp3) is 0.385. The Morgan fingerprint density at radius 2 is 2.00 bits per heavy atom. The Morgan fingerprint density at radius 1 is 1.35 bits per heavy atom. The van der Waals surface area contributed by atoms with Crippen molar-refractivity contribution >= 4 is 45.2 Å². The number of hydrogen-bond donors (Lipinski definition) is 1. The second kappa shape index (κ2) is 6.64. The first-order valence-corrected chi connectivity index (χ1v) is 8.71. The molecule has 0 aliphatic carbocycles. The van der Waals surface area contributed by atoms with Crippen LogP contribution >= 0.6 is 23.2 Å². The first kappa shape index (κ1) is 18.0. The summed E-state index contributed by atoms with van der Waals surface area (Å²) in [5, 5.41) is 8.97. The third-order valence-corrected chi connectivity index (χ3v) is 6.11. The number of carbonyl (C=O) groups is 2. The van der Waals surface area contributed by atoms with Crippen molar-refractivity contribution in [2.45, 2.75) is 23.8 Å². The van der Waals surface area contributed by atoms with E-state index in [1.54, 1.807) is 0 Å². The third kappa shape index (κ3) is 3.30. The highest BCUT2D eigenvalue weighted by molar-refractivity contribution is 7.89. The number of halogens is 2. The quantitative estimate of drug-likeness (QED) is 0.800. The van der Waals surface area contributed by atoms with Crippen LogP contribution in [0.15, 0.2) is 17.0 Å². The van der Waals surface area contributed by atoms with Crippen molar-refractivity contribution in [2.75, 3.05) is 13.7 Å². The molecular weight excluding hydrogens is 369 g/mol. The van der Waals surface area contributed by atoms with Crippen molar-refractivity contribution in [3.05, 3.63) is 27.7 Å². The maximum Gasteiger partial charge on any atom is 0.339 e. The molecule has 0 spiro atoms. The lowest BCUT2D eigenvalue weighted by Gasteiger charge is -2.22. The zero-order valence-electron chi connectivity index (χ0n) is 12.0. The summed E-state index contributed by atoms with van der Waals surface area (Å²) < 4.78 is 31.1. The van der Waals surface area contributed by atoms with Crippen LogP contribution < -0.4 is 0 Å². The van der Waals surface area contributed by atoms with Gasteiger partial charge in [0.05, 0.1) is 17.7 Å². The lowest BCUT2D eigenvalue weighted by Crippen LogP contribution is -2.41. The lowest BCUT2D eigenvalue weighted by atomic mass is 10.2. The van der Waals surface area contributed by atoms with Gasteiger partial charge in [0.1, 0.15) is 10.9 Å². The van der Waals surface area contributed by atoms with Crippen molar-refractivity contribution in [1.82, 2.24) is 4.31 Å². The molecule has 0 saturated carbocycles. The van der Waals surface area contributed by atoms with E-state index in [1.807, 2.05) is 0 Å². The van der Waals surface area contributed by atoms with E-state index in [-0.39, 0.29) is 28.6 Å². The smallest absolute Gasteiger partial charge is 0.339 e. The Balaban J connectivity index is 2.64. The van der Waals surface area contributed by atoms with Crippen molar-refractivity contribution < 1.29 is 27.9 Å². The van der Waals surface area contributed by atoms with E-state index in [0.717, 1.165) is 17.5 Å². The molecule has 1 aromatic rings. The van der Waals surface area contributed by atoms with Gasteiger partial charge < -0.3 is 9.84 Å². The number of carboxylic acid groups (broad SMARTS) is 1. The molecule has 1 aliphatic rings. The molecule has 0 unspecified atom stereocenters. The molecule has 23 heavy (non-hydrogen) atoms. The minimum absolute atomic E-state index is 0.0267.